The van der Waals surface area contributed by atoms with Crippen LogP contribution in [0.1, 0.15) is 16.8 Å². The minimum atomic E-state index is 0.548. The molecule has 0 amide bonds. The maximum absolute atomic E-state index is 5.87. The van der Waals surface area contributed by atoms with Crippen molar-refractivity contribution in [3.8, 4) is 11.4 Å². The lowest BCUT2D eigenvalue weighted by molar-refractivity contribution is 1.10. The lowest BCUT2D eigenvalue weighted by atomic mass is 10.1. The van der Waals surface area contributed by atoms with Gasteiger partial charge in [-0.3, -0.25) is 0 Å². The first-order valence-electron chi connectivity index (χ1n) is 5.36. The van der Waals surface area contributed by atoms with Crippen LogP contribution in [0, 0.1) is 24.3 Å². The van der Waals surface area contributed by atoms with Crippen molar-refractivity contribution in [3.05, 3.63) is 38.6 Å². The summed E-state index contributed by atoms with van der Waals surface area (Å²) in [5.74, 6) is 1.25. The van der Waals surface area contributed by atoms with Gasteiger partial charge in [0, 0.05) is 5.56 Å². The van der Waals surface area contributed by atoms with E-state index in [1.807, 2.05) is 13.0 Å². The van der Waals surface area contributed by atoms with E-state index in [0.29, 0.717) is 11.6 Å². The molecule has 0 spiro atoms. The number of nitrogens with two attached hydrogens (primary N) is 1. The second-order valence-corrected chi connectivity index (χ2v) is 5.21. The minimum Gasteiger partial charge on any atom is -0.383 e. The lowest BCUT2D eigenvalue weighted by Crippen LogP contribution is -2.02. The normalized spacial score (nSPS) is 10.6. The molecule has 0 aliphatic carbocycles. The molecule has 2 rings (SSSR count). The molecule has 0 atom stereocenters. The van der Waals surface area contributed by atoms with Crippen molar-refractivity contribution in [2.75, 3.05) is 5.73 Å². The van der Waals surface area contributed by atoms with Crippen molar-refractivity contribution in [2.45, 2.75) is 20.8 Å². The highest BCUT2D eigenvalue weighted by atomic mass is 127. The Kier molecular flexibility index (Phi) is 3.33. The van der Waals surface area contributed by atoms with Crippen molar-refractivity contribution < 1.29 is 0 Å². The molecular formula is C13H14IN3. The van der Waals surface area contributed by atoms with Gasteiger partial charge in [0.2, 0.25) is 0 Å². The van der Waals surface area contributed by atoms with E-state index in [1.54, 1.807) is 0 Å². The standard InChI is InChI=1S/C13H14IN3/c1-7-4-5-10(6-8(7)2)13-16-9(3)11(14)12(15)17-13/h4-6H,1-3H3,(H2,15,16,17). The highest BCUT2D eigenvalue weighted by Gasteiger charge is 2.08. The molecule has 0 aliphatic heterocycles. The van der Waals surface area contributed by atoms with Gasteiger partial charge in [-0.25, -0.2) is 9.97 Å². The maximum atomic E-state index is 5.87. The van der Waals surface area contributed by atoms with Crippen molar-refractivity contribution in [2.24, 2.45) is 0 Å². The minimum absolute atomic E-state index is 0.548. The molecule has 0 fully saturated rings. The van der Waals surface area contributed by atoms with Crippen molar-refractivity contribution in [1.82, 2.24) is 9.97 Å². The van der Waals surface area contributed by atoms with Crippen molar-refractivity contribution >= 4 is 28.4 Å². The molecule has 17 heavy (non-hydrogen) atoms. The summed E-state index contributed by atoms with van der Waals surface area (Å²) in [4.78, 5) is 8.81. The molecule has 0 saturated carbocycles. The number of nitrogen functional groups attached to an aromatic ring is 1. The largest absolute Gasteiger partial charge is 0.383 e. The molecule has 2 aromatic rings. The molecule has 3 nitrogen and oxygen atoms in total. The Balaban J connectivity index is 2.57. The van der Waals surface area contributed by atoms with Gasteiger partial charge in [0.15, 0.2) is 5.82 Å². The van der Waals surface area contributed by atoms with Crippen molar-refractivity contribution in [1.29, 1.82) is 0 Å². The first-order chi connectivity index (χ1) is 7.99. The highest BCUT2D eigenvalue weighted by Crippen LogP contribution is 2.23. The van der Waals surface area contributed by atoms with Crippen LogP contribution in [0.15, 0.2) is 18.2 Å². The molecular weight excluding hydrogens is 325 g/mol. The average Bonchev–Trinajstić information content (AvgIpc) is 2.29. The summed E-state index contributed by atoms with van der Waals surface area (Å²) in [6.45, 7) is 6.12. The number of aryl methyl sites for hydroxylation is 3. The quantitative estimate of drug-likeness (QED) is 0.812. The van der Waals surface area contributed by atoms with E-state index in [1.165, 1.54) is 11.1 Å². The van der Waals surface area contributed by atoms with Crippen LogP contribution in [-0.4, -0.2) is 9.97 Å². The number of rotatable bonds is 1. The Morgan fingerprint density at radius 2 is 1.76 bits per heavy atom. The van der Waals surface area contributed by atoms with E-state index in [9.17, 15) is 0 Å². The zero-order valence-electron chi connectivity index (χ0n) is 10.1. The van der Waals surface area contributed by atoms with E-state index < -0.39 is 0 Å². The smallest absolute Gasteiger partial charge is 0.161 e. The Morgan fingerprint density at radius 3 is 2.35 bits per heavy atom. The summed E-state index contributed by atoms with van der Waals surface area (Å²) in [7, 11) is 0. The monoisotopic (exact) mass is 339 g/mol. The maximum Gasteiger partial charge on any atom is 0.161 e. The third kappa shape index (κ3) is 2.41. The summed E-state index contributed by atoms with van der Waals surface area (Å²) in [5, 5.41) is 0. The number of aromatic nitrogens is 2. The average molecular weight is 339 g/mol. The van der Waals surface area contributed by atoms with E-state index in [2.05, 4.69) is 58.5 Å². The summed E-state index contributed by atoms with van der Waals surface area (Å²) in [6.07, 6.45) is 0. The number of hydrogen-bond donors (Lipinski definition) is 1. The number of halogens is 1. The number of hydrogen-bond acceptors (Lipinski definition) is 3. The van der Waals surface area contributed by atoms with Crippen LogP contribution in [0.5, 0.6) is 0 Å². The fraction of sp³-hybridized carbons (Fsp3) is 0.231. The van der Waals surface area contributed by atoms with Crippen LogP contribution in [0.2, 0.25) is 0 Å². The van der Waals surface area contributed by atoms with E-state index in [4.69, 9.17) is 5.73 Å². The molecule has 0 unspecified atom stereocenters. The van der Waals surface area contributed by atoms with Crippen LogP contribution in [0.25, 0.3) is 11.4 Å². The predicted octanol–water partition coefficient (Wildman–Crippen LogP) is 3.26. The van der Waals surface area contributed by atoms with Crippen LogP contribution in [0.4, 0.5) is 5.82 Å². The first kappa shape index (κ1) is 12.3. The second-order valence-electron chi connectivity index (χ2n) is 4.13. The van der Waals surface area contributed by atoms with Gasteiger partial charge in [-0.2, -0.15) is 0 Å². The van der Waals surface area contributed by atoms with Gasteiger partial charge in [-0.05, 0) is 60.6 Å². The molecule has 4 heteroatoms. The van der Waals surface area contributed by atoms with Gasteiger partial charge < -0.3 is 5.73 Å². The Hall–Kier alpha value is -1.17. The lowest BCUT2D eigenvalue weighted by Gasteiger charge is -2.07. The third-order valence-corrected chi connectivity index (χ3v) is 4.14. The number of nitrogens with zero attached hydrogens (tertiary/aromatic N) is 2. The Labute approximate surface area is 115 Å². The van der Waals surface area contributed by atoms with Gasteiger partial charge in [-0.15, -0.1) is 0 Å². The molecule has 88 valence electrons. The van der Waals surface area contributed by atoms with Crippen LogP contribution < -0.4 is 5.73 Å². The summed E-state index contributed by atoms with van der Waals surface area (Å²) in [5.41, 5.74) is 10.3. The zero-order chi connectivity index (χ0) is 12.6. The van der Waals surface area contributed by atoms with Gasteiger partial charge >= 0.3 is 0 Å². The molecule has 2 N–H and O–H groups in total. The molecule has 0 radical (unpaired) electrons. The third-order valence-electron chi connectivity index (χ3n) is 2.81. The van der Waals surface area contributed by atoms with Crippen molar-refractivity contribution in [3.63, 3.8) is 0 Å². The summed E-state index contributed by atoms with van der Waals surface area (Å²) >= 11 is 2.17. The fourth-order valence-electron chi connectivity index (χ4n) is 1.59. The second kappa shape index (κ2) is 4.60. The highest BCUT2D eigenvalue weighted by molar-refractivity contribution is 14.1. The molecule has 1 aromatic carbocycles. The Bertz CT molecular complexity index is 556. The van der Waals surface area contributed by atoms with Gasteiger partial charge in [0.1, 0.15) is 5.82 Å². The topological polar surface area (TPSA) is 51.8 Å². The molecule has 1 heterocycles. The molecule has 1 aromatic heterocycles. The van der Waals surface area contributed by atoms with Gasteiger partial charge in [-0.1, -0.05) is 12.1 Å². The van der Waals surface area contributed by atoms with E-state index in [-0.39, 0.29) is 0 Å². The van der Waals surface area contributed by atoms with Crippen LogP contribution in [-0.2, 0) is 0 Å². The fourth-order valence-corrected chi connectivity index (χ4v) is 1.83. The zero-order valence-corrected chi connectivity index (χ0v) is 12.2. The summed E-state index contributed by atoms with van der Waals surface area (Å²) in [6, 6.07) is 6.21. The summed E-state index contributed by atoms with van der Waals surface area (Å²) < 4.78 is 0.926. The number of anilines is 1. The predicted molar refractivity (Wildman–Crippen MR) is 78.8 cm³/mol. The van der Waals surface area contributed by atoms with E-state index >= 15 is 0 Å². The van der Waals surface area contributed by atoms with Gasteiger partial charge in [0.25, 0.3) is 0 Å². The molecule has 0 bridgehead atoms. The first-order valence-corrected chi connectivity index (χ1v) is 6.44. The Morgan fingerprint density at radius 1 is 1.06 bits per heavy atom. The van der Waals surface area contributed by atoms with Crippen LogP contribution in [0.3, 0.4) is 0 Å². The molecule has 0 saturated heterocycles. The van der Waals surface area contributed by atoms with E-state index in [0.717, 1.165) is 14.8 Å². The van der Waals surface area contributed by atoms with Crippen LogP contribution >= 0.6 is 22.6 Å². The van der Waals surface area contributed by atoms with Gasteiger partial charge in [0.05, 0.1) is 9.26 Å². The molecule has 0 aliphatic rings. The number of benzene rings is 1. The SMILES string of the molecule is Cc1ccc(-c2nc(C)c(I)c(N)n2)cc1C.